The molecule has 1 aliphatic rings. The number of hydrogen-bond acceptors (Lipinski definition) is 4. The molecule has 2 unspecified atom stereocenters. The molecule has 0 radical (unpaired) electrons. The summed E-state index contributed by atoms with van der Waals surface area (Å²) in [5.41, 5.74) is 0. The Bertz CT molecular complexity index is 363. The fourth-order valence-electron chi connectivity index (χ4n) is 2.29. The molecule has 120 valence electrons. The molecular formula is C13H29N3O2S2. The smallest absolute Gasteiger partial charge is 0.279 e. The maximum absolute atomic E-state index is 12.3. The van der Waals surface area contributed by atoms with E-state index in [-0.39, 0.29) is 0 Å². The fraction of sp³-hybridized carbons (Fsp3) is 1.00. The van der Waals surface area contributed by atoms with Gasteiger partial charge in [-0.05, 0) is 44.5 Å². The van der Waals surface area contributed by atoms with E-state index in [2.05, 4.69) is 17.0 Å². The standard InChI is InChI=1S/C13H29N3O2S2/c1-4-7-14-10-13-6-5-8-16(11-13)20(17,18)15-9-12(2)19-3/h12-15H,4-11H2,1-3H3. The van der Waals surface area contributed by atoms with Gasteiger partial charge in [0.15, 0.2) is 0 Å². The van der Waals surface area contributed by atoms with E-state index in [0.29, 0.717) is 30.8 Å². The molecule has 1 fully saturated rings. The second kappa shape index (κ2) is 9.25. The summed E-state index contributed by atoms with van der Waals surface area (Å²) < 4.78 is 28.9. The van der Waals surface area contributed by atoms with E-state index >= 15 is 0 Å². The van der Waals surface area contributed by atoms with Gasteiger partial charge in [-0.25, -0.2) is 4.72 Å². The van der Waals surface area contributed by atoms with Gasteiger partial charge >= 0.3 is 0 Å². The van der Waals surface area contributed by atoms with Crippen molar-refractivity contribution in [1.29, 1.82) is 0 Å². The Morgan fingerprint density at radius 1 is 1.45 bits per heavy atom. The third-order valence-electron chi connectivity index (χ3n) is 3.64. The molecule has 1 rings (SSSR count). The molecule has 5 nitrogen and oxygen atoms in total. The Morgan fingerprint density at radius 2 is 2.20 bits per heavy atom. The van der Waals surface area contributed by atoms with E-state index in [4.69, 9.17) is 0 Å². The molecule has 7 heteroatoms. The van der Waals surface area contributed by atoms with Crippen molar-refractivity contribution in [3.63, 3.8) is 0 Å². The maximum Gasteiger partial charge on any atom is 0.279 e. The zero-order valence-corrected chi connectivity index (χ0v) is 14.5. The van der Waals surface area contributed by atoms with Gasteiger partial charge in [0.05, 0.1) is 0 Å². The largest absolute Gasteiger partial charge is 0.316 e. The van der Waals surface area contributed by atoms with E-state index in [0.717, 1.165) is 32.4 Å². The van der Waals surface area contributed by atoms with Crippen LogP contribution in [0.15, 0.2) is 0 Å². The molecule has 1 saturated heterocycles. The number of piperidine rings is 1. The first-order valence-corrected chi connectivity index (χ1v) is 10.2. The van der Waals surface area contributed by atoms with Crippen molar-refractivity contribution in [3.8, 4) is 0 Å². The molecule has 2 atom stereocenters. The summed E-state index contributed by atoms with van der Waals surface area (Å²) in [5.74, 6) is 0.435. The lowest BCUT2D eigenvalue weighted by atomic mass is 10.00. The Kier molecular flexibility index (Phi) is 8.43. The topological polar surface area (TPSA) is 61.4 Å². The quantitative estimate of drug-likeness (QED) is 0.628. The Labute approximate surface area is 128 Å². The minimum Gasteiger partial charge on any atom is -0.316 e. The van der Waals surface area contributed by atoms with Crippen LogP contribution in [-0.4, -0.2) is 57.0 Å². The zero-order valence-electron chi connectivity index (χ0n) is 12.9. The average molecular weight is 324 g/mol. The highest BCUT2D eigenvalue weighted by atomic mass is 32.2. The lowest BCUT2D eigenvalue weighted by Gasteiger charge is -2.32. The van der Waals surface area contributed by atoms with Crippen molar-refractivity contribution in [2.24, 2.45) is 5.92 Å². The molecule has 0 saturated carbocycles. The van der Waals surface area contributed by atoms with Gasteiger partial charge in [0.1, 0.15) is 0 Å². The van der Waals surface area contributed by atoms with E-state index in [9.17, 15) is 8.42 Å². The molecule has 1 heterocycles. The molecule has 0 aromatic carbocycles. The predicted octanol–water partition coefficient (Wildman–Crippen LogP) is 1.28. The van der Waals surface area contributed by atoms with Crippen LogP contribution in [-0.2, 0) is 10.2 Å². The third-order valence-corrected chi connectivity index (χ3v) is 6.15. The summed E-state index contributed by atoms with van der Waals surface area (Å²) in [6.07, 6.45) is 5.18. The van der Waals surface area contributed by atoms with E-state index in [1.807, 2.05) is 13.2 Å². The fourth-order valence-corrected chi connectivity index (χ4v) is 4.07. The first kappa shape index (κ1) is 18.2. The number of thioether (sulfide) groups is 1. The van der Waals surface area contributed by atoms with Crippen LogP contribution in [0.3, 0.4) is 0 Å². The molecule has 0 bridgehead atoms. The number of rotatable bonds is 9. The molecule has 0 aromatic heterocycles. The van der Waals surface area contributed by atoms with Crippen molar-refractivity contribution < 1.29 is 8.42 Å². The van der Waals surface area contributed by atoms with Crippen LogP contribution in [0.2, 0.25) is 0 Å². The van der Waals surface area contributed by atoms with Gasteiger partial charge in [0.25, 0.3) is 10.2 Å². The molecule has 0 spiro atoms. The first-order chi connectivity index (χ1) is 9.49. The van der Waals surface area contributed by atoms with Crippen molar-refractivity contribution in [2.75, 3.05) is 39.0 Å². The summed E-state index contributed by atoms with van der Waals surface area (Å²) in [6, 6.07) is 0. The lowest BCUT2D eigenvalue weighted by Crippen LogP contribution is -2.48. The SMILES string of the molecule is CCCNCC1CCCN(S(=O)(=O)NCC(C)SC)C1. The van der Waals surface area contributed by atoms with Crippen molar-refractivity contribution in [1.82, 2.24) is 14.3 Å². The molecular weight excluding hydrogens is 294 g/mol. The van der Waals surface area contributed by atoms with Gasteiger partial charge in [-0.15, -0.1) is 0 Å². The van der Waals surface area contributed by atoms with Crippen LogP contribution in [0.5, 0.6) is 0 Å². The minimum absolute atomic E-state index is 0.302. The van der Waals surface area contributed by atoms with Gasteiger partial charge in [-0.3, -0.25) is 0 Å². The zero-order chi connectivity index (χ0) is 15.0. The van der Waals surface area contributed by atoms with Crippen LogP contribution < -0.4 is 10.0 Å². The molecule has 20 heavy (non-hydrogen) atoms. The van der Waals surface area contributed by atoms with Crippen LogP contribution in [0.1, 0.15) is 33.1 Å². The predicted molar refractivity (Wildman–Crippen MR) is 87.4 cm³/mol. The molecule has 2 N–H and O–H groups in total. The third kappa shape index (κ3) is 6.30. The average Bonchev–Trinajstić information content (AvgIpc) is 2.45. The van der Waals surface area contributed by atoms with Crippen LogP contribution in [0, 0.1) is 5.92 Å². The summed E-state index contributed by atoms with van der Waals surface area (Å²) in [4.78, 5) is 0. The first-order valence-electron chi connectivity index (χ1n) is 7.47. The summed E-state index contributed by atoms with van der Waals surface area (Å²) in [7, 11) is -3.31. The van der Waals surface area contributed by atoms with Gasteiger partial charge in [-0.2, -0.15) is 24.5 Å². The van der Waals surface area contributed by atoms with E-state index in [1.54, 1.807) is 16.1 Å². The highest BCUT2D eigenvalue weighted by Crippen LogP contribution is 2.18. The van der Waals surface area contributed by atoms with Crippen molar-refractivity contribution >= 4 is 22.0 Å². The molecule has 0 aromatic rings. The highest BCUT2D eigenvalue weighted by molar-refractivity contribution is 7.99. The summed E-state index contributed by atoms with van der Waals surface area (Å²) in [5, 5.41) is 3.69. The maximum atomic E-state index is 12.3. The Balaban J connectivity index is 2.44. The number of hydrogen-bond donors (Lipinski definition) is 2. The van der Waals surface area contributed by atoms with Crippen LogP contribution >= 0.6 is 11.8 Å². The molecule has 0 aliphatic carbocycles. The number of nitrogens with one attached hydrogen (secondary N) is 2. The van der Waals surface area contributed by atoms with Gasteiger partial charge < -0.3 is 5.32 Å². The Morgan fingerprint density at radius 3 is 2.85 bits per heavy atom. The Hall–Kier alpha value is 0.180. The second-order valence-electron chi connectivity index (χ2n) is 5.47. The van der Waals surface area contributed by atoms with Crippen LogP contribution in [0.25, 0.3) is 0 Å². The summed E-state index contributed by atoms with van der Waals surface area (Å²) >= 11 is 1.67. The van der Waals surface area contributed by atoms with Gasteiger partial charge in [0, 0.05) is 24.9 Å². The van der Waals surface area contributed by atoms with Crippen molar-refractivity contribution in [3.05, 3.63) is 0 Å². The molecule has 1 aliphatic heterocycles. The normalized spacial score (nSPS) is 22.9. The molecule has 0 amide bonds. The van der Waals surface area contributed by atoms with Crippen molar-refractivity contribution in [2.45, 2.75) is 38.4 Å². The summed E-state index contributed by atoms with van der Waals surface area (Å²) in [6.45, 7) is 7.88. The van der Waals surface area contributed by atoms with Crippen LogP contribution in [0.4, 0.5) is 0 Å². The monoisotopic (exact) mass is 323 g/mol. The minimum atomic E-state index is -3.31. The van der Waals surface area contributed by atoms with Gasteiger partial charge in [-0.1, -0.05) is 13.8 Å². The number of nitrogens with zero attached hydrogens (tertiary/aromatic N) is 1. The van der Waals surface area contributed by atoms with Gasteiger partial charge in [0.2, 0.25) is 0 Å². The second-order valence-corrected chi connectivity index (χ2v) is 8.50. The lowest BCUT2D eigenvalue weighted by molar-refractivity contribution is 0.258. The van der Waals surface area contributed by atoms with E-state index in [1.165, 1.54) is 0 Å². The van der Waals surface area contributed by atoms with E-state index < -0.39 is 10.2 Å². The highest BCUT2D eigenvalue weighted by Gasteiger charge is 2.28.